The molecule has 7 nitrogen and oxygen atoms in total. The highest BCUT2D eigenvalue weighted by Crippen LogP contribution is 2.32. The minimum Gasteiger partial charge on any atom is -0.300 e. The monoisotopic (exact) mass is 414 g/mol. The minimum atomic E-state index is -0.561. The van der Waals surface area contributed by atoms with Crippen molar-refractivity contribution in [2.75, 3.05) is 6.26 Å². The van der Waals surface area contributed by atoms with Gasteiger partial charge in [-0.1, -0.05) is 23.9 Å². The number of nitrogens with one attached hydrogen (secondary N) is 1. The molecular weight excluding hydrogens is 407 g/mol. The zero-order valence-corrected chi connectivity index (χ0v) is 13.6. The predicted octanol–water partition coefficient (Wildman–Crippen LogP) is 2.54. The second-order valence-electron chi connectivity index (χ2n) is 3.81. The lowest BCUT2D eigenvalue weighted by Gasteiger charge is -2.07. The fourth-order valence-corrected chi connectivity index (χ4v) is 2.88. The van der Waals surface area contributed by atoms with E-state index in [4.69, 9.17) is 5.26 Å². The van der Waals surface area contributed by atoms with E-state index < -0.39 is 10.5 Å². The van der Waals surface area contributed by atoms with Crippen LogP contribution >= 0.6 is 34.4 Å². The number of nitro groups is 1. The standard InChI is InChI=1S/C12H7IN4O3S/c1-21-12-15-10(7(5-14)11(18)16-12)6-3-2-4-8(9(6)13)17(19)20/h2-4H,1H3,(H,15,16,18). The Morgan fingerprint density at radius 1 is 1.52 bits per heavy atom. The van der Waals surface area contributed by atoms with E-state index in [-0.39, 0.29) is 16.9 Å². The van der Waals surface area contributed by atoms with Gasteiger partial charge in [-0.25, -0.2) is 4.98 Å². The van der Waals surface area contributed by atoms with E-state index in [0.717, 1.165) is 0 Å². The Labute approximate surface area is 136 Å². The van der Waals surface area contributed by atoms with Gasteiger partial charge in [0.1, 0.15) is 15.2 Å². The molecule has 0 radical (unpaired) electrons. The number of hydrogen-bond donors (Lipinski definition) is 1. The summed E-state index contributed by atoms with van der Waals surface area (Å²) in [6, 6.07) is 6.26. The molecule has 1 aromatic heterocycles. The van der Waals surface area contributed by atoms with Crippen LogP contribution in [0.5, 0.6) is 0 Å². The number of benzene rings is 1. The van der Waals surface area contributed by atoms with E-state index in [1.165, 1.54) is 23.9 Å². The van der Waals surface area contributed by atoms with Crippen molar-refractivity contribution in [1.29, 1.82) is 5.26 Å². The fourth-order valence-electron chi connectivity index (χ4n) is 1.69. The SMILES string of the molecule is CSc1nc(-c2cccc([N+](=O)[O-])c2I)c(C#N)c(=O)[nH]1. The Morgan fingerprint density at radius 3 is 2.81 bits per heavy atom. The smallest absolute Gasteiger partial charge is 0.283 e. The van der Waals surface area contributed by atoms with Gasteiger partial charge >= 0.3 is 0 Å². The van der Waals surface area contributed by atoms with E-state index in [1.54, 1.807) is 18.4 Å². The lowest BCUT2D eigenvalue weighted by Crippen LogP contribution is -2.15. The molecule has 1 N–H and O–H groups in total. The number of rotatable bonds is 3. The van der Waals surface area contributed by atoms with Crippen molar-refractivity contribution in [3.8, 4) is 17.3 Å². The largest absolute Gasteiger partial charge is 0.300 e. The molecule has 2 rings (SSSR count). The topological polar surface area (TPSA) is 113 Å². The molecule has 0 atom stereocenters. The molecule has 1 heterocycles. The van der Waals surface area contributed by atoms with Crippen molar-refractivity contribution >= 4 is 40.0 Å². The lowest BCUT2D eigenvalue weighted by molar-refractivity contribution is -0.385. The zero-order valence-electron chi connectivity index (χ0n) is 10.6. The van der Waals surface area contributed by atoms with Gasteiger partial charge in [0, 0.05) is 11.6 Å². The van der Waals surface area contributed by atoms with Gasteiger partial charge < -0.3 is 4.98 Å². The van der Waals surface area contributed by atoms with Gasteiger partial charge in [0.05, 0.1) is 10.6 Å². The first-order valence-corrected chi connectivity index (χ1v) is 7.81. The number of halogens is 1. The van der Waals surface area contributed by atoms with Gasteiger partial charge in [0.25, 0.3) is 11.2 Å². The molecule has 21 heavy (non-hydrogen) atoms. The third-order valence-electron chi connectivity index (χ3n) is 2.63. The maximum absolute atomic E-state index is 11.9. The molecule has 0 unspecified atom stereocenters. The highest BCUT2D eigenvalue weighted by atomic mass is 127. The normalized spacial score (nSPS) is 10.1. The van der Waals surface area contributed by atoms with Crippen LogP contribution in [0.3, 0.4) is 0 Å². The molecule has 0 aliphatic heterocycles. The van der Waals surface area contributed by atoms with Crippen LogP contribution in [0.4, 0.5) is 5.69 Å². The average molecular weight is 414 g/mol. The third kappa shape index (κ3) is 2.91. The van der Waals surface area contributed by atoms with Gasteiger partial charge in [0.15, 0.2) is 5.16 Å². The summed E-state index contributed by atoms with van der Waals surface area (Å²) in [7, 11) is 0. The minimum absolute atomic E-state index is 0.0928. The van der Waals surface area contributed by atoms with Crippen LogP contribution in [0.2, 0.25) is 0 Å². The number of H-pyrrole nitrogens is 1. The van der Waals surface area contributed by atoms with E-state index in [9.17, 15) is 14.9 Å². The molecule has 1 aromatic carbocycles. The Bertz CT molecular complexity index is 828. The highest BCUT2D eigenvalue weighted by molar-refractivity contribution is 14.1. The molecule has 9 heteroatoms. The number of nitro benzene ring substituents is 1. The van der Waals surface area contributed by atoms with Gasteiger partial charge in [-0.3, -0.25) is 14.9 Å². The summed E-state index contributed by atoms with van der Waals surface area (Å²) in [5, 5.41) is 20.5. The van der Waals surface area contributed by atoms with Crippen LogP contribution in [0, 0.1) is 25.0 Å². The van der Waals surface area contributed by atoms with Gasteiger partial charge in [0.2, 0.25) is 0 Å². The van der Waals surface area contributed by atoms with Crippen LogP contribution in [0.25, 0.3) is 11.3 Å². The molecule has 0 aliphatic carbocycles. The second-order valence-corrected chi connectivity index (χ2v) is 5.68. The van der Waals surface area contributed by atoms with E-state index in [1.807, 2.05) is 22.6 Å². The second kappa shape index (κ2) is 6.23. The van der Waals surface area contributed by atoms with Crippen LogP contribution in [0.1, 0.15) is 5.56 Å². The van der Waals surface area contributed by atoms with E-state index in [2.05, 4.69) is 9.97 Å². The van der Waals surface area contributed by atoms with E-state index >= 15 is 0 Å². The number of nitrogens with zero attached hydrogens (tertiary/aromatic N) is 3. The van der Waals surface area contributed by atoms with Gasteiger partial charge in [-0.15, -0.1) is 0 Å². The molecule has 0 saturated heterocycles. The maximum Gasteiger partial charge on any atom is 0.283 e. The summed E-state index contributed by atoms with van der Waals surface area (Å²) in [5.41, 5.74) is -0.272. The average Bonchev–Trinajstić information content (AvgIpc) is 2.46. The van der Waals surface area contributed by atoms with Crippen molar-refractivity contribution in [2.24, 2.45) is 0 Å². The molecule has 0 bridgehead atoms. The zero-order chi connectivity index (χ0) is 15.6. The molecule has 106 valence electrons. The first-order chi connectivity index (χ1) is 9.99. The summed E-state index contributed by atoms with van der Waals surface area (Å²) in [6.45, 7) is 0. The maximum atomic E-state index is 11.9. The van der Waals surface area contributed by atoms with Crippen molar-refractivity contribution in [3.63, 3.8) is 0 Å². The highest BCUT2D eigenvalue weighted by Gasteiger charge is 2.21. The van der Waals surface area contributed by atoms with E-state index in [0.29, 0.717) is 14.3 Å². The molecule has 0 amide bonds. The van der Waals surface area contributed by atoms with Crippen molar-refractivity contribution < 1.29 is 4.92 Å². The number of thioether (sulfide) groups is 1. The molecular formula is C12H7IN4O3S. The summed E-state index contributed by atoms with van der Waals surface area (Å²) < 4.78 is 0.335. The number of nitriles is 1. The molecule has 0 aliphatic rings. The van der Waals surface area contributed by atoms with Crippen molar-refractivity contribution in [2.45, 2.75) is 5.16 Å². The number of aromatic amines is 1. The Morgan fingerprint density at radius 2 is 2.24 bits per heavy atom. The molecule has 0 spiro atoms. The van der Waals surface area contributed by atoms with Crippen LogP contribution in [-0.4, -0.2) is 21.1 Å². The Kier molecular flexibility index (Phi) is 4.59. The number of aromatic nitrogens is 2. The third-order valence-corrected chi connectivity index (χ3v) is 4.35. The fraction of sp³-hybridized carbons (Fsp3) is 0.0833. The summed E-state index contributed by atoms with van der Waals surface area (Å²) in [6.07, 6.45) is 1.73. The molecule has 0 fully saturated rings. The first kappa shape index (κ1) is 15.5. The summed E-state index contributed by atoms with van der Waals surface area (Å²) in [4.78, 5) is 29.1. The molecule has 2 aromatic rings. The van der Waals surface area contributed by atoms with Crippen LogP contribution in [0.15, 0.2) is 28.2 Å². The quantitative estimate of drug-likeness (QED) is 0.272. The van der Waals surface area contributed by atoms with Gasteiger partial charge in [-0.05, 0) is 28.8 Å². The molecule has 0 saturated carbocycles. The Balaban J connectivity index is 2.82. The van der Waals surface area contributed by atoms with Crippen molar-refractivity contribution in [3.05, 3.63) is 47.8 Å². The lowest BCUT2D eigenvalue weighted by atomic mass is 10.1. The van der Waals surface area contributed by atoms with Crippen LogP contribution in [-0.2, 0) is 0 Å². The Hall–Kier alpha value is -1.93. The first-order valence-electron chi connectivity index (χ1n) is 5.51. The summed E-state index contributed by atoms with van der Waals surface area (Å²) >= 11 is 3.03. The van der Waals surface area contributed by atoms with Crippen LogP contribution < -0.4 is 5.56 Å². The van der Waals surface area contributed by atoms with Gasteiger partial charge in [-0.2, -0.15) is 5.26 Å². The summed E-state index contributed by atoms with van der Waals surface area (Å²) in [5.74, 6) is 0. The predicted molar refractivity (Wildman–Crippen MR) is 86.2 cm³/mol. The van der Waals surface area contributed by atoms with Crippen molar-refractivity contribution in [1.82, 2.24) is 9.97 Å². The number of hydrogen-bond acceptors (Lipinski definition) is 6.